The third-order valence-corrected chi connectivity index (χ3v) is 3.87. The highest BCUT2D eigenvalue weighted by Gasteiger charge is 2.30. The number of halogens is 1. The molecule has 0 unspecified atom stereocenters. The lowest BCUT2D eigenvalue weighted by molar-refractivity contribution is 0.251. The van der Waals surface area contributed by atoms with Gasteiger partial charge in [-0.05, 0) is 38.5 Å². The van der Waals surface area contributed by atoms with Gasteiger partial charge >= 0.3 is 6.03 Å². The van der Waals surface area contributed by atoms with Gasteiger partial charge in [0.25, 0.3) is 0 Å². The maximum Gasteiger partial charge on any atom is 0.319 e. The molecular formula is C19H28FN5O. The summed E-state index contributed by atoms with van der Waals surface area (Å²) < 4.78 is 14.7. The summed E-state index contributed by atoms with van der Waals surface area (Å²) >= 11 is 0. The van der Waals surface area contributed by atoms with Crippen LogP contribution in [0.4, 0.5) is 20.7 Å². The van der Waals surface area contributed by atoms with Gasteiger partial charge in [-0.25, -0.2) is 13.9 Å². The molecule has 0 saturated carbocycles. The molecule has 1 aromatic carbocycles. The third-order valence-electron chi connectivity index (χ3n) is 3.87. The van der Waals surface area contributed by atoms with E-state index in [2.05, 4.69) is 15.7 Å². The van der Waals surface area contributed by atoms with Gasteiger partial charge in [-0.1, -0.05) is 32.9 Å². The molecule has 0 saturated heterocycles. The van der Waals surface area contributed by atoms with E-state index >= 15 is 0 Å². The van der Waals surface area contributed by atoms with E-state index in [9.17, 15) is 9.18 Å². The Hall–Kier alpha value is -2.57. The Labute approximate surface area is 154 Å². The number of nitrogens with two attached hydrogens (primary N) is 1. The fraction of sp³-hybridized carbons (Fsp3) is 0.474. The van der Waals surface area contributed by atoms with Crippen LogP contribution in [0.2, 0.25) is 0 Å². The fourth-order valence-corrected chi connectivity index (χ4v) is 2.53. The van der Waals surface area contributed by atoms with Crippen LogP contribution in [0.25, 0.3) is 0 Å². The quantitative estimate of drug-likeness (QED) is 0.773. The number of hydrogen-bond acceptors (Lipinski definition) is 3. The lowest BCUT2D eigenvalue weighted by atomic mass is 9.91. The van der Waals surface area contributed by atoms with Crippen molar-refractivity contribution in [2.45, 2.75) is 59.0 Å². The van der Waals surface area contributed by atoms with E-state index in [4.69, 9.17) is 5.73 Å². The maximum atomic E-state index is 12.9. The molecule has 2 rings (SSSR count). The van der Waals surface area contributed by atoms with Crippen LogP contribution in [-0.2, 0) is 17.5 Å². The van der Waals surface area contributed by atoms with Gasteiger partial charge in [-0.3, -0.25) is 0 Å². The zero-order valence-corrected chi connectivity index (χ0v) is 16.3. The minimum atomic E-state index is -0.389. The van der Waals surface area contributed by atoms with Crippen molar-refractivity contribution < 1.29 is 9.18 Å². The number of urea groups is 1. The Morgan fingerprint density at radius 3 is 2.23 bits per heavy atom. The predicted octanol–water partition coefficient (Wildman–Crippen LogP) is 3.98. The Balaban J connectivity index is 2.20. The van der Waals surface area contributed by atoms with Crippen molar-refractivity contribution in [3.05, 3.63) is 41.3 Å². The van der Waals surface area contributed by atoms with Crippen molar-refractivity contribution in [2.24, 2.45) is 0 Å². The molecule has 2 aromatic rings. The van der Waals surface area contributed by atoms with Crippen LogP contribution in [0.1, 0.15) is 52.8 Å². The van der Waals surface area contributed by atoms with Gasteiger partial charge in [0.1, 0.15) is 17.3 Å². The van der Waals surface area contributed by atoms with E-state index in [0.717, 1.165) is 11.3 Å². The SMILES string of the molecule is CC(C)(C)c1nn(C(C)(C)C)c(N)c1NC(=O)NCc1ccc(F)cc1. The van der Waals surface area contributed by atoms with Crippen molar-refractivity contribution in [1.29, 1.82) is 0 Å². The first-order chi connectivity index (χ1) is 11.9. The molecule has 7 heteroatoms. The summed E-state index contributed by atoms with van der Waals surface area (Å²) in [4.78, 5) is 12.4. The molecule has 1 aromatic heterocycles. The van der Waals surface area contributed by atoms with Crippen molar-refractivity contribution in [3.63, 3.8) is 0 Å². The minimum Gasteiger partial charge on any atom is -0.382 e. The molecule has 0 aliphatic rings. The van der Waals surface area contributed by atoms with Crippen molar-refractivity contribution in [2.75, 3.05) is 11.1 Å². The number of anilines is 2. The van der Waals surface area contributed by atoms with E-state index in [1.807, 2.05) is 41.5 Å². The highest BCUT2D eigenvalue weighted by atomic mass is 19.1. The lowest BCUT2D eigenvalue weighted by Crippen LogP contribution is -2.29. The molecule has 0 radical (unpaired) electrons. The lowest BCUT2D eigenvalue weighted by Gasteiger charge is -2.21. The average Bonchev–Trinajstić information content (AvgIpc) is 2.84. The molecule has 6 nitrogen and oxygen atoms in total. The third kappa shape index (κ3) is 4.53. The predicted molar refractivity (Wildman–Crippen MR) is 103 cm³/mol. The van der Waals surface area contributed by atoms with Crippen LogP contribution >= 0.6 is 0 Å². The zero-order valence-electron chi connectivity index (χ0n) is 16.3. The first kappa shape index (κ1) is 19.8. The van der Waals surface area contributed by atoms with Gasteiger partial charge in [0.15, 0.2) is 0 Å². The standard InChI is InChI=1S/C19H28FN5O/c1-18(2,3)15-14(16(21)25(24-15)19(4,5)6)23-17(26)22-11-12-7-9-13(20)10-8-12/h7-10H,11,21H2,1-6H3,(H2,22,23,26). The van der Waals surface area contributed by atoms with E-state index in [1.54, 1.807) is 16.8 Å². The number of aromatic nitrogens is 2. The number of carbonyl (C=O) groups is 1. The normalized spacial score (nSPS) is 12.1. The molecule has 0 atom stereocenters. The Morgan fingerprint density at radius 2 is 1.73 bits per heavy atom. The van der Waals surface area contributed by atoms with Crippen molar-refractivity contribution >= 4 is 17.5 Å². The summed E-state index contributed by atoms with van der Waals surface area (Å²) in [5.74, 6) is 0.106. The molecule has 2 amide bonds. The molecule has 0 fully saturated rings. The smallest absolute Gasteiger partial charge is 0.319 e. The number of nitrogen functional groups attached to an aromatic ring is 1. The number of carbonyl (C=O) groups excluding carboxylic acids is 1. The Morgan fingerprint density at radius 1 is 1.15 bits per heavy atom. The second-order valence-electron chi connectivity index (χ2n) is 8.38. The number of nitrogens with one attached hydrogen (secondary N) is 2. The van der Waals surface area contributed by atoms with Gasteiger partial charge in [-0.2, -0.15) is 5.10 Å². The van der Waals surface area contributed by atoms with Crippen LogP contribution < -0.4 is 16.4 Å². The molecule has 142 valence electrons. The molecule has 0 bridgehead atoms. The molecule has 26 heavy (non-hydrogen) atoms. The second-order valence-corrected chi connectivity index (χ2v) is 8.38. The Bertz CT molecular complexity index is 782. The molecule has 0 aliphatic carbocycles. The molecule has 1 heterocycles. The van der Waals surface area contributed by atoms with Gasteiger partial charge in [0.2, 0.25) is 0 Å². The highest BCUT2D eigenvalue weighted by Crippen LogP contribution is 2.35. The van der Waals surface area contributed by atoms with E-state index < -0.39 is 0 Å². The first-order valence-corrected chi connectivity index (χ1v) is 8.58. The average molecular weight is 361 g/mol. The topological polar surface area (TPSA) is 85.0 Å². The van der Waals surface area contributed by atoms with E-state index in [-0.39, 0.29) is 29.3 Å². The second kappa shape index (κ2) is 6.97. The summed E-state index contributed by atoms with van der Waals surface area (Å²) in [5.41, 5.74) is 7.72. The fourth-order valence-electron chi connectivity index (χ4n) is 2.53. The van der Waals surface area contributed by atoms with Gasteiger partial charge in [0.05, 0.1) is 11.2 Å². The minimum absolute atomic E-state index is 0.282. The Kier molecular flexibility index (Phi) is 5.30. The summed E-state index contributed by atoms with van der Waals surface area (Å²) in [6.45, 7) is 12.3. The molecular weight excluding hydrogens is 333 g/mol. The largest absolute Gasteiger partial charge is 0.382 e. The number of hydrogen-bond donors (Lipinski definition) is 3. The van der Waals surface area contributed by atoms with Crippen LogP contribution in [0.15, 0.2) is 24.3 Å². The van der Waals surface area contributed by atoms with Crippen LogP contribution in [0.5, 0.6) is 0 Å². The van der Waals surface area contributed by atoms with E-state index in [1.165, 1.54) is 12.1 Å². The maximum absolute atomic E-state index is 12.9. The van der Waals surface area contributed by atoms with Crippen molar-refractivity contribution in [1.82, 2.24) is 15.1 Å². The molecule has 4 N–H and O–H groups in total. The highest BCUT2D eigenvalue weighted by molar-refractivity contribution is 5.93. The molecule has 0 spiro atoms. The van der Waals surface area contributed by atoms with Gasteiger partial charge in [-0.15, -0.1) is 0 Å². The summed E-state index contributed by atoms with van der Waals surface area (Å²) in [5, 5.41) is 10.2. The molecule has 0 aliphatic heterocycles. The van der Waals surface area contributed by atoms with E-state index in [0.29, 0.717) is 11.5 Å². The zero-order chi connectivity index (χ0) is 19.7. The van der Waals surface area contributed by atoms with Crippen molar-refractivity contribution in [3.8, 4) is 0 Å². The summed E-state index contributed by atoms with van der Waals surface area (Å²) in [6, 6.07) is 5.58. The summed E-state index contributed by atoms with van der Waals surface area (Å²) in [7, 11) is 0. The first-order valence-electron chi connectivity index (χ1n) is 8.58. The van der Waals surface area contributed by atoms with Crippen LogP contribution in [0, 0.1) is 5.82 Å². The van der Waals surface area contributed by atoms with Crippen LogP contribution in [0.3, 0.4) is 0 Å². The van der Waals surface area contributed by atoms with Gasteiger partial charge in [0, 0.05) is 12.0 Å². The monoisotopic (exact) mass is 361 g/mol. The number of benzene rings is 1. The number of rotatable bonds is 3. The number of nitrogens with zero attached hydrogens (tertiary/aromatic N) is 2. The van der Waals surface area contributed by atoms with Crippen LogP contribution in [-0.4, -0.2) is 15.8 Å². The van der Waals surface area contributed by atoms with Gasteiger partial charge < -0.3 is 16.4 Å². The number of amides is 2. The summed E-state index contributed by atoms with van der Waals surface area (Å²) in [6.07, 6.45) is 0.